The Kier molecular flexibility index (Phi) is 8.15. The third-order valence-corrected chi connectivity index (χ3v) is 4.87. The lowest BCUT2D eigenvalue weighted by atomic mass is 10.1. The highest BCUT2D eigenvalue weighted by Gasteiger charge is 2.12. The molecule has 2 rings (SSSR count). The second-order valence-electron chi connectivity index (χ2n) is 5.64. The molecule has 0 saturated carbocycles. The lowest BCUT2D eigenvalue weighted by molar-refractivity contribution is -0.122. The van der Waals surface area contributed by atoms with Gasteiger partial charge in [0.2, 0.25) is 5.91 Å². The summed E-state index contributed by atoms with van der Waals surface area (Å²) in [6.07, 6.45) is 1.80. The molecule has 1 N–H and O–H groups in total. The van der Waals surface area contributed by atoms with Gasteiger partial charge in [-0.3, -0.25) is 9.69 Å². The predicted molar refractivity (Wildman–Crippen MR) is 104 cm³/mol. The third kappa shape index (κ3) is 6.63. The van der Waals surface area contributed by atoms with E-state index in [0.717, 1.165) is 20.3 Å². The Morgan fingerprint density at radius 3 is 2.72 bits per heavy atom. The molecule has 0 spiro atoms. The zero-order valence-corrected chi connectivity index (χ0v) is 15.9. The van der Waals surface area contributed by atoms with Crippen molar-refractivity contribution in [3.63, 3.8) is 0 Å². The van der Waals surface area contributed by atoms with E-state index >= 15 is 0 Å². The summed E-state index contributed by atoms with van der Waals surface area (Å²) in [7, 11) is 1.67. The van der Waals surface area contributed by atoms with Gasteiger partial charge in [-0.1, -0.05) is 41.9 Å². The van der Waals surface area contributed by atoms with Gasteiger partial charge >= 0.3 is 0 Å². The van der Waals surface area contributed by atoms with Crippen LogP contribution in [0.4, 0.5) is 0 Å². The van der Waals surface area contributed by atoms with Crippen molar-refractivity contribution in [3.8, 4) is 0 Å². The Morgan fingerprint density at radius 2 is 2.08 bits per heavy atom. The SMILES string of the molecule is C=CCN(CC(=O)NCc1ccccc1COC)Cc1ccc(Cl)s1. The number of amides is 1. The molecule has 4 nitrogen and oxygen atoms in total. The molecule has 0 aliphatic carbocycles. The highest BCUT2D eigenvalue weighted by Crippen LogP contribution is 2.22. The number of carbonyl (C=O) groups is 1. The van der Waals surface area contributed by atoms with Crippen LogP contribution in [-0.2, 0) is 29.2 Å². The standard InChI is InChI=1S/C19H23ClN2O2S/c1-3-10-22(12-17-8-9-18(20)25-17)13-19(23)21-11-15-6-4-5-7-16(15)14-24-2/h3-9H,1,10-14H2,2H3,(H,21,23). The van der Waals surface area contributed by atoms with Crippen molar-refractivity contribution in [1.82, 2.24) is 10.2 Å². The first-order valence-corrected chi connectivity index (χ1v) is 9.21. The number of rotatable bonds is 10. The van der Waals surface area contributed by atoms with E-state index < -0.39 is 0 Å². The fourth-order valence-electron chi connectivity index (χ4n) is 2.50. The lowest BCUT2D eigenvalue weighted by Crippen LogP contribution is -2.36. The summed E-state index contributed by atoms with van der Waals surface area (Å²) in [5.74, 6) is -0.0169. The Balaban J connectivity index is 1.89. The number of halogens is 1. The van der Waals surface area contributed by atoms with E-state index in [-0.39, 0.29) is 5.91 Å². The summed E-state index contributed by atoms with van der Waals surface area (Å²) >= 11 is 7.51. The number of thiophene rings is 1. The summed E-state index contributed by atoms with van der Waals surface area (Å²) in [6.45, 7) is 6.43. The Bertz CT molecular complexity index is 702. The topological polar surface area (TPSA) is 41.6 Å². The molecule has 25 heavy (non-hydrogen) atoms. The van der Waals surface area contributed by atoms with E-state index in [4.69, 9.17) is 16.3 Å². The maximum Gasteiger partial charge on any atom is 0.234 e. The molecule has 1 amide bonds. The van der Waals surface area contributed by atoms with Gasteiger partial charge in [0, 0.05) is 31.6 Å². The van der Waals surface area contributed by atoms with Crippen LogP contribution < -0.4 is 5.32 Å². The molecule has 0 unspecified atom stereocenters. The van der Waals surface area contributed by atoms with Crippen LogP contribution in [-0.4, -0.2) is 31.0 Å². The molecule has 0 aliphatic heterocycles. The highest BCUT2D eigenvalue weighted by molar-refractivity contribution is 7.16. The second kappa shape index (κ2) is 10.4. The van der Waals surface area contributed by atoms with E-state index in [1.54, 1.807) is 13.2 Å². The number of ether oxygens (including phenoxy) is 1. The predicted octanol–water partition coefficient (Wildman–Crippen LogP) is 3.85. The van der Waals surface area contributed by atoms with Gasteiger partial charge in [0.05, 0.1) is 17.5 Å². The van der Waals surface area contributed by atoms with Crippen molar-refractivity contribution in [1.29, 1.82) is 0 Å². The molecule has 134 valence electrons. The molecule has 1 aromatic heterocycles. The van der Waals surface area contributed by atoms with Crippen molar-refractivity contribution in [2.45, 2.75) is 19.7 Å². The molecule has 0 bridgehead atoms. The maximum atomic E-state index is 12.3. The maximum absolute atomic E-state index is 12.3. The minimum atomic E-state index is -0.0169. The number of methoxy groups -OCH3 is 1. The fourth-order valence-corrected chi connectivity index (χ4v) is 3.63. The molecule has 0 atom stereocenters. The molecule has 0 aliphatic rings. The molecule has 0 radical (unpaired) electrons. The van der Waals surface area contributed by atoms with Crippen LogP contribution in [0, 0.1) is 0 Å². The van der Waals surface area contributed by atoms with Crippen LogP contribution in [0.5, 0.6) is 0 Å². The first kappa shape index (κ1) is 19.7. The molecular formula is C19H23ClN2O2S. The van der Waals surface area contributed by atoms with Crippen molar-refractivity contribution >= 4 is 28.8 Å². The second-order valence-corrected chi connectivity index (χ2v) is 7.44. The molecule has 0 saturated heterocycles. The van der Waals surface area contributed by atoms with E-state index in [1.165, 1.54) is 11.3 Å². The van der Waals surface area contributed by atoms with Gasteiger partial charge in [-0.2, -0.15) is 0 Å². The molecule has 1 aromatic carbocycles. The van der Waals surface area contributed by atoms with Crippen LogP contribution >= 0.6 is 22.9 Å². The smallest absolute Gasteiger partial charge is 0.234 e. The van der Waals surface area contributed by atoms with Crippen LogP contribution in [0.25, 0.3) is 0 Å². The van der Waals surface area contributed by atoms with Crippen molar-refractivity contribution in [2.24, 2.45) is 0 Å². The summed E-state index contributed by atoms with van der Waals surface area (Å²) in [4.78, 5) is 15.5. The third-order valence-electron chi connectivity index (χ3n) is 3.66. The number of hydrogen-bond acceptors (Lipinski definition) is 4. The van der Waals surface area contributed by atoms with Crippen LogP contribution in [0.15, 0.2) is 49.1 Å². The van der Waals surface area contributed by atoms with Gasteiger partial charge in [0.15, 0.2) is 0 Å². The Labute approximate surface area is 158 Å². The van der Waals surface area contributed by atoms with Gasteiger partial charge < -0.3 is 10.1 Å². The zero-order valence-electron chi connectivity index (χ0n) is 14.3. The zero-order chi connectivity index (χ0) is 18.1. The van der Waals surface area contributed by atoms with E-state index in [2.05, 4.69) is 11.9 Å². The van der Waals surface area contributed by atoms with Crippen LogP contribution in [0.1, 0.15) is 16.0 Å². The number of carbonyl (C=O) groups excluding carboxylic acids is 1. The molecule has 1 heterocycles. The van der Waals surface area contributed by atoms with Gasteiger partial charge in [-0.25, -0.2) is 0 Å². The Morgan fingerprint density at radius 1 is 1.32 bits per heavy atom. The number of nitrogens with zero attached hydrogens (tertiary/aromatic N) is 1. The van der Waals surface area contributed by atoms with Gasteiger partial charge in [0.1, 0.15) is 0 Å². The Hall–Kier alpha value is -1.66. The first-order chi connectivity index (χ1) is 12.1. The van der Waals surface area contributed by atoms with Crippen LogP contribution in [0.2, 0.25) is 4.34 Å². The lowest BCUT2D eigenvalue weighted by Gasteiger charge is -2.19. The average Bonchev–Trinajstić information content (AvgIpc) is 2.99. The quantitative estimate of drug-likeness (QED) is 0.638. The van der Waals surface area contributed by atoms with E-state index in [9.17, 15) is 4.79 Å². The summed E-state index contributed by atoms with van der Waals surface area (Å²) in [5, 5.41) is 2.98. The van der Waals surface area contributed by atoms with Crippen molar-refractivity contribution in [2.75, 3.05) is 20.2 Å². The minimum absolute atomic E-state index is 0.0169. The first-order valence-electron chi connectivity index (χ1n) is 8.02. The number of nitrogens with one attached hydrogen (secondary N) is 1. The minimum Gasteiger partial charge on any atom is -0.380 e. The van der Waals surface area contributed by atoms with Crippen molar-refractivity contribution < 1.29 is 9.53 Å². The normalized spacial score (nSPS) is 10.8. The number of benzene rings is 1. The number of hydrogen-bond donors (Lipinski definition) is 1. The van der Waals surface area contributed by atoms with Gasteiger partial charge in [-0.15, -0.1) is 17.9 Å². The summed E-state index contributed by atoms with van der Waals surface area (Å²) < 4.78 is 5.96. The van der Waals surface area contributed by atoms with Gasteiger partial charge in [0.25, 0.3) is 0 Å². The average molecular weight is 379 g/mol. The van der Waals surface area contributed by atoms with Gasteiger partial charge in [-0.05, 0) is 23.3 Å². The molecule has 2 aromatic rings. The monoisotopic (exact) mass is 378 g/mol. The molecular weight excluding hydrogens is 356 g/mol. The highest BCUT2D eigenvalue weighted by atomic mass is 35.5. The van der Waals surface area contributed by atoms with E-state index in [0.29, 0.717) is 32.8 Å². The van der Waals surface area contributed by atoms with Crippen molar-refractivity contribution in [3.05, 3.63) is 69.4 Å². The molecule has 0 fully saturated rings. The molecule has 6 heteroatoms. The summed E-state index contributed by atoms with van der Waals surface area (Å²) in [5.41, 5.74) is 2.15. The summed E-state index contributed by atoms with van der Waals surface area (Å²) in [6, 6.07) is 11.8. The fraction of sp³-hybridized carbons (Fsp3) is 0.316. The van der Waals surface area contributed by atoms with E-state index in [1.807, 2.05) is 41.3 Å². The van der Waals surface area contributed by atoms with Crippen LogP contribution in [0.3, 0.4) is 0 Å². The largest absolute Gasteiger partial charge is 0.380 e.